The summed E-state index contributed by atoms with van der Waals surface area (Å²) in [7, 11) is 1.69. The summed E-state index contributed by atoms with van der Waals surface area (Å²) in [6, 6.07) is 9.33. The van der Waals surface area contributed by atoms with Gasteiger partial charge in [-0.1, -0.05) is 26.0 Å². The summed E-state index contributed by atoms with van der Waals surface area (Å²) in [6.45, 7) is 7.95. The maximum atomic E-state index is 6.49. The topological polar surface area (TPSA) is 38.5 Å². The Labute approximate surface area is 123 Å². The molecule has 1 saturated carbocycles. The van der Waals surface area contributed by atoms with Gasteiger partial charge in [-0.25, -0.2) is 0 Å². The fourth-order valence-electron chi connectivity index (χ4n) is 2.79. The Morgan fingerprint density at radius 1 is 1.20 bits per heavy atom. The predicted molar refractivity (Wildman–Crippen MR) is 84.0 cm³/mol. The molecule has 2 atom stereocenters. The summed E-state index contributed by atoms with van der Waals surface area (Å²) >= 11 is 0. The van der Waals surface area contributed by atoms with Gasteiger partial charge in [-0.3, -0.25) is 4.90 Å². The van der Waals surface area contributed by atoms with Gasteiger partial charge in [-0.15, -0.1) is 0 Å². The van der Waals surface area contributed by atoms with Crippen molar-refractivity contribution in [3.63, 3.8) is 0 Å². The van der Waals surface area contributed by atoms with Crippen molar-refractivity contribution in [3.8, 4) is 5.75 Å². The number of ether oxygens (including phenoxy) is 1. The molecule has 2 rings (SSSR count). The van der Waals surface area contributed by atoms with Gasteiger partial charge in [0.2, 0.25) is 0 Å². The molecular formula is C17H28N2O. The summed E-state index contributed by atoms with van der Waals surface area (Å²) in [6.07, 6.45) is 2.65. The third-order valence-corrected chi connectivity index (χ3v) is 4.14. The second-order valence-corrected chi connectivity index (χ2v) is 6.36. The van der Waals surface area contributed by atoms with Crippen LogP contribution in [0.2, 0.25) is 0 Å². The molecule has 1 aromatic carbocycles. The van der Waals surface area contributed by atoms with Crippen LogP contribution >= 0.6 is 0 Å². The first kappa shape index (κ1) is 15.3. The quantitative estimate of drug-likeness (QED) is 0.831. The molecule has 1 aromatic rings. The minimum absolute atomic E-state index is 0.0558. The summed E-state index contributed by atoms with van der Waals surface area (Å²) in [5, 5.41) is 0. The Bertz CT molecular complexity index is 412. The number of nitrogens with two attached hydrogens (primary N) is 1. The van der Waals surface area contributed by atoms with Gasteiger partial charge in [0.05, 0.1) is 7.11 Å². The first-order chi connectivity index (χ1) is 9.52. The molecule has 3 heteroatoms. The molecule has 1 aliphatic carbocycles. The highest BCUT2D eigenvalue weighted by Crippen LogP contribution is 2.32. The van der Waals surface area contributed by atoms with Crippen LogP contribution in [0.15, 0.2) is 24.3 Å². The molecular weight excluding hydrogens is 248 g/mol. The lowest BCUT2D eigenvalue weighted by atomic mass is 9.99. The first-order valence-electron chi connectivity index (χ1n) is 7.68. The molecule has 0 radical (unpaired) electrons. The Balaban J connectivity index is 2.06. The summed E-state index contributed by atoms with van der Waals surface area (Å²) in [5.74, 6) is 1.57. The van der Waals surface area contributed by atoms with E-state index in [9.17, 15) is 0 Å². The lowest BCUT2D eigenvalue weighted by Crippen LogP contribution is -2.44. The van der Waals surface area contributed by atoms with Gasteiger partial charge >= 0.3 is 0 Å². The number of benzene rings is 1. The van der Waals surface area contributed by atoms with Crippen molar-refractivity contribution in [1.29, 1.82) is 0 Å². The molecule has 112 valence electrons. The highest BCUT2D eigenvalue weighted by molar-refractivity contribution is 5.29. The van der Waals surface area contributed by atoms with Crippen molar-refractivity contribution in [1.82, 2.24) is 4.90 Å². The number of methoxy groups -OCH3 is 1. The highest BCUT2D eigenvalue weighted by atomic mass is 16.5. The van der Waals surface area contributed by atoms with Gasteiger partial charge in [0, 0.05) is 24.7 Å². The van der Waals surface area contributed by atoms with Crippen LogP contribution in [0.5, 0.6) is 5.75 Å². The van der Waals surface area contributed by atoms with Crippen LogP contribution in [0.4, 0.5) is 0 Å². The number of nitrogens with zero attached hydrogens (tertiary/aromatic N) is 1. The van der Waals surface area contributed by atoms with Crippen molar-refractivity contribution in [2.45, 2.75) is 51.7 Å². The SMILES string of the molecule is COc1ccc(C(N)C(C)N(CC(C)C)C2CC2)cc1. The molecule has 1 aliphatic rings. The third kappa shape index (κ3) is 3.74. The van der Waals surface area contributed by atoms with E-state index in [4.69, 9.17) is 10.5 Å². The van der Waals surface area contributed by atoms with E-state index in [0.29, 0.717) is 12.0 Å². The molecule has 2 N–H and O–H groups in total. The minimum atomic E-state index is 0.0558. The number of rotatable bonds is 7. The van der Waals surface area contributed by atoms with Crippen molar-refractivity contribution in [2.75, 3.05) is 13.7 Å². The lowest BCUT2D eigenvalue weighted by Gasteiger charge is -2.34. The molecule has 0 saturated heterocycles. The summed E-state index contributed by atoms with van der Waals surface area (Å²) in [5.41, 5.74) is 7.68. The normalized spacial score (nSPS) is 18.4. The zero-order chi connectivity index (χ0) is 14.7. The molecule has 1 fully saturated rings. The average molecular weight is 276 g/mol. The molecule has 3 nitrogen and oxygen atoms in total. The molecule has 2 unspecified atom stereocenters. The number of hydrogen-bond donors (Lipinski definition) is 1. The minimum Gasteiger partial charge on any atom is -0.497 e. The summed E-state index contributed by atoms with van der Waals surface area (Å²) in [4.78, 5) is 2.60. The van der Waals surface area contributed by atoms with Gasteiger partial charge < -0.3 is 10.5 Å². The fourth-order valence-corrected chi connectivity index (χ4v) is 2.79. The first-order valence-corrected chi connectivity index (χ1v) is 7.68. The largest absolute Gasteiger partial charge is 0.497 e. The Kier molecular flexibility index (Phi) is 5.06. The maximum Gasteiger partial charge on any atom is 0.118 e. The van der Waals surface area contributed by atoms with E-state index in [1.807, 2.05) is 12.1 Å². The average Bonchev–Trinajstić information content (AvgIpc) is 3.27. The summed E-state index contributed by atoms with van der Waals surface area (Å²) < 4.78 is 5.21. The third-order valence-electron chi connectivity index (χ3n) is 4.14. The van der Waals surface area contributed by atoms with Crippen molar-refractivity contribution >= 4 is 0 Å². The fraction of sp³-hybridized carbons (Fsp3) is 0.647. The van der Waals surface area contributed by atoms with Gasteiger partial charge in [0.25, 0.3) is 0 Å². The van der Waals surface area contributed by atoms with Crippen LogP contribution in [0.25, 0.3) is 0 Å². The van der Waals surface area contributed by atoms with E-state index < -0.39 is 0 Å². The second-order valence-electron chi connectivity index (χ2n) is 6.36. The van der Waals surface area contributed by atoms with Gasteiger partial charge in [-0.2, -0.15) is 0 Å². The van der Waals surface area contributed by atoms with E-state index in [2.05, 4.69) is 37.8 Å². The number of hydrogen-bond acceptors (Lipinski definition) is 3. The van der Waals surface area contributed by atoms with E-state index in [1.165, 1.54) is 18.4 Å². The van der Waals surface area contributed by atoms with Crippen LogP contribution in [-0.2, 0) is 0 Å². The van der Waals surface area contributed by atoms with E-state index >= 15 is 0 Å². The zero-order valence-corrected chi connectivity index (χ0v) is 13.2. The predicted octanol–water partition coefficient (Wildman–Crippen LogP) is 3.20. The molecule has 0 heterocycles. The molecule has 0 bridgehead atoms. The lowest BCUT2D eigenvalue weighted by molar-refractivity contribution is 0.155. The van der Waals surface area contributed by atoms with E-state index in [-0.39, 0.29) is 6.04 Å². The van der Waals surface area contributed by atoms with Crippen LogP contribution in [0.1, 0.15) is 45.2 Å². The molecule has 0 aromatic heterocycles. The zero-order valence-electron chi connectivity index (χ0n) is 13.2. The molecule has 0 amide bonds. The van der Waals surface area contributed by atoms with Gasteiger partial charge in [0.15, 0.2) is 0 Å². The Morgan fingerprint density at radius 3 is 2.25 bits per heavy atom. The van der Waals surface area contributed by atoms with Crippen LogP contribution < -0.4 is 10.5 Å². The van der Waals surface area contributed by atoms with Gasteiger partial charge in [-0.05, 0) is 43.4 Å². The van der Waals surface area contributed by atoms with E-state index in [0.717, 1.165) is 18.3 Å². The highest BCUT2D eigenvalue weighted by Gasteiger charge is 2.34. The second kappa shape index (κ2) is 6.59. The molecule has 0 aliphatic heterocycles. The van der Waals surface area contributed by atoms with Crippen molar-refractivity contribution in [2.24, 2.45) is 11.7 Å². The standard InChI is InChI=1S/C17H28N2O/c1-12(2)11-19(15-7-8-15)13(3)17(18)14-5-9-16(20-4)10-6-14/h5-6,9-10,12-13,15,17H,7-8,11,18H2,1-4H3. The van der Waals surface area contributed by atoms with Crippen LogP contribution in [0.3, 0.4) is 0 Å². The maximum absolute atomic E-state index is 6.49. The van der Waals surface area contributed by atoms with Crippen LogP contribution in [-0.4, -0.2) is 30.6 Å². The Morgan fingerprint density at radius 2 is 1.80 bits per heavy atom. The van der Waals surface area contributed by atoms with E-state index in [1.54, 1.807) is 7.11 Å². The molecule has 20 heavy (non-hydrogen) atoms. The molecule has 0 spiro atoms. The smallest absolute Gasteiger partial charge is 0.118 e. The van der Waals surface area contributed by atoms with Crippen molar-refractivity contribution < 1.29 is 4.74 Å². The monoisotopic (exact) mass is 276 g/mol. The van der Waals surface area contributed by atoms with Crippen LogP contribution in [0, 0.1) is 5.92 Å². The van der Waals surface area contributed by atoms with Gasteiger partial charge in [0.1, 0.15) is 5.75 Å². The van der Waals surface area contributed by atoms with Crippen molar-refractivity contribution in [3.05, 3.63) is 29.8 Å². The Hall–Kier alpha value is -1.06.